The Hall–Kier alpha value is -3.02. The Morgan fingerprint density at radius 3 is 2.84 bits per heavy atom. The minimum Gasteiger partial charge on any atom is -0.467 e. The molecule has 0 saturated carbocycles. The van der Waals surface area contributed by atoms with Gasteiger partial charge in [-0.3, -0.25) is 9.78 Å². The maximum Gasteiger partial charge on any atom is 0.253 e. The Labute approximate surface area is 186 Å². The van der Waals surface area contributed by atoms with Crippen LogP contribution in [0.1, 0.15) is 73.3 Å². The van der Waals surface area contributed by atoms with Gasteiger partial charge in [0.2, 0.25) is 5.92 Å². The number of carbonyl (C=O) groups excluding carboxylic acids is 1. The first-order valence-electron chi connectivity index (χ1n) is 11.1. The smallest absolute Gasteiger partial charge is 0.253 e. The molecular formula is C26H28F2N2O2. The zero-order valence-electron chi connectivity index (χ0n) is 18.6. The molecule has 1 N–H and O–H groups in total. The van der Waals surface area contributed by atoms with Gasteiger partial charge in [-0.25, -0.2) is 8.78 Å². The van der Waals surface area contributed by atoms with Crippen LogP contribution in [0.25, 0.3) is 16.5 Å². The minimum absolute atomic E-state index is 0.222. The molecule has 32 heavy (non-hydrogen) atoms. The van der Waals surface area contributed by atoms with Crippen molar-refractivity contribution in [2.24, 2.45) is 5.92 Å². The van der Waals surface area contributed by atoms with Crippen molar-refractivity contribution in [3.63, 3.8) is 0 Å². The molecule has 168 valence electrons. The Kier molecular flexibility index (Phi) is 6.13. The molecule has 1 amide bonds. The minimum atomic E-state index is -2.66. The van der Waals surface area contributed by atoms with Gasteiger partial charge in [0.05, 0.1) is 23.4 Å². The van der Waals surface area contributed by atoms with E-state index < -0.39 is 11.8 Å². The molecule has 4 rings (SSSR count). The van der Waals surface area contributed by atoms with E-state index in [0.29, 0.717) is 24.8 Å². The van der Waals surface area contributed by atoms with E-state index in [1.807, 2.05) is 50.3 Å². The summed E-state index contributed by atoms with van der Waals surface area (Å²) in [5.41, 5.74) is 4.31. The number of carbonyl (C=O) groups is 1. The number of fused-ring (bicyclic) bond motifs is 1. The van der Waals surface area contributed by atoms with Gasteiger partial charge in [-0.2, -0.15) is 0 Å². The Bertz CT molecular complexity index is 1160. The van der Waals surface area contributed by atoms with Gasteiger partial charge < -0.3 is 9.73 Å². The van der Waals surface area contributed by atoms with Crippen molar-refractivity contribution in [2.75, 3.05) is 0 Å². The lowest BCUT2D eigenvalue weighted by Crippen LogP contribution is -2.27. The Morgan fingerprint density at radius 2 is 2.16 bits per heavy atom. The molecule has 0 fully saturated rings. The molecule has 1 aromatic carbocycles. The van der Waals surface area contributed by atoms with Crippen LogP contribution >= 0.6 is 0 Å². The molecule has 1 aliphatic rings. The number of rotatable bonds is 6. The average Bonchev–Trinajstić information content (AvgIpc) is 3.27. The summed E-state index contributed by atoms with van der Waals surface area (Å²) in [6.45, 7) is 4.94. The normalized spacial score (nSPS) is 17.8. The van der Waals surface area contributed by atoms with Crippen LogP contribution in [0, 0.1) is 5.92 Å². The zero-order chi connectivity index (χ0) is 22.9. The SMILES string of the molecule is CCc1ccoc1[C@@H](C)NC(=O)c1cnc2c(C3=CCC(C(C)(F)F)CC3)cccc2c1. The van der Waals surface area contributed by atoms with Gasteiger partial charge in [0.25, 0.3) is 5.91 Å². The van der Waals surface area contributed by atoms with Crippen LogP contribution in [0.2, 0.25) is 0 Å². The molecule has 0 bridgehead atoms. The molecule has 2 heterocycles. The summed E-state index contributed by atoms with van der Waals surface area (Å²) in [6.07, 6.45) is 7.37. The Balaban J connectivity index is 1.56. The predicted octanol–water partition coefficient (Wildman–Crippen LogP) is 6.72. The number of furan rings is 1. The molecule has 0 radical (unpaired) electrons. The monoisotopic (exact) mass is 438 g/mol. The van der Waals surface area contributed by atoms with Crippen molar-refractivity contribution in [1.82, 2.24) is 10.3 Å². The summed E-state index contributed by atoms with van der Waals surface area (Å²) < 4.78 is 32.8. The van der Waals surface area contributed by atoms with Crippen molar-refractivity contribution in [1.29, 1.82) is 0 Å². The lowest BCUT2D eigenvalue weighted by molar-refractivity contribution is -0.0421. The van der Waals surface area contributed by atoms with E-state index in [9.17, 15) is 13.6 Å². The van der Waals surface area contributed by atoms with Crippen LogP contribution in [-0.4, -0.2) is 16.8 Å². The molecule has 3 aromatic rings. The van der Waals surface area contributed by atoms with Gasteiger partial charge in [-0.1, -0.05) is 31.2 Å². The molecule has 4 nitrogen and oxygen atoms in total. The molecule has 0 spiro atoms. The van der Waals surface area contributed by atoms with E-state index in [2.05, 4.69) is 10.3 Å². The van der Waals surface area contributed by atoms with Crippen LogP contribution in [0.3, 0.4) is 0 Å². The van der Waals surface area contributed by atoms with Crippen molar-refractivity contribution in [3.05, 3.63) is 71.3 Å². The maximum atomic E-state index is 13.6. The van der Waals surface area contributed by atoms with Crippen molar-refractivity contribution >= 4 is 22.4 Å². The van der Waals surface area contributed by atoms with Crippen LogP contribution in [0.5, 0.6) is 0 Å². The van der Waals surface area contributed by atoms with Gasteiger partial charge >= 0.3 is 0 Å². The number of pyridine rings is 1. The summed E-state index contributed by atoms with van der Waals surface area (Å²) in [6, 6.07) is 9.29. The lowest BCUT2D eigenvalue weighted by Gasteiger charge is -2.27. The standard InChI is InChI=1S/C26H28F2N2O2/c1-4-17-12-13-32-24(17)16(2)30-25(31)20-14-19-6-5-7-22(23(19)29-15-20)18-8-10-21(11-9-18)26(3,27)28/h5-8,12-16,21H,4,9-11H2,1-3H3,(H,30,31)/t16-,21?/m1/s1. The number of allylic oxidation sites excluding steroid dienone is 2. The molecule has 1 aliphatic carbocycles. The summed E-state index contributed by atoms with van der Waals surface area (Å²) in [7, 11) is 0. The number of hydrogen-bond acceptors (Lipinski definition) is 3. The summed E-state index contributed by atoms with van der Waals surface area (Å²) >= 11 is 0. The Morgan fingerprint density at radius 1 is 1.34 bits per heavy atom. The van der Waals surface area contributed by atoms with E-state index in [1.165, 1.54) is 0 Å². The van der Waals surface area contributed by atoms with Gasteiger partial charge in [-0.15, -0.1) is 0 Å². The van der Waals surface area contributed by atoms with Crippen LogP contribution in [0.15, 0.2) is 53.3 Å². The first-order chi connectivity index (χ1) is 15.3. The highest BCUT2D eigenvalue weighted by Gasteiger charge is 2.34. The summed E-state index contributed by atoms with van der Waals surface area (Å²) in [5, 5.41) is 3.83. The largest absolute Gasteiger partial charge is 0.467 e. The fourth-order valence-corrected chi connectivity index (χ4v) is 4.45. The highest BCUT2D eigenvalue weighted by molar-refractivity contribution is 5.99. The van der Waals surface area contributed by atoms with Crippen LogP contribution in [0.4, 0.5) is 8.78 Å². The summed E-state index contributed by atoms with van der Waals surface area (Å²) in [5.74, 6) is -2.74. The van der Waals surface area contributed by atoms with Crippen LogP contribution < -0.4 is 5.32 Å². The number of amides is 1. The van der Waals surface area contributed by atoms with Crippen molar-refractivity contribution in [3.8, 4) is 0 Å². The number of benzene rings is 1. The van der Waals surface area contributed by atoms with Crippen LogP contribution in [-0.2, 0) is 6.42 Å². The topological polar surface area (TPSA) is 55.1 Å². The third kappa shape index (κ3) is 4.45. The molecular weight excluding hydrogens is 410 g/mol. The first kappa shape index (κ1) is 22.2. The van der Waals surface area contributed by atoms with E-state index in [0.717, 1.165) is 46.7 Å². The second-order valence-electron chi connectivity index (χ2n) is 8.62. The second-order valence-corrected chi connectivity index (χ2v) is 8.62. The van der Waals surface area contributed by atoms with E-state index in [4.69, 9.17) is 4.42 Å². The molecule has 0 aliphatic heterocycles. The van der Waals surface area contributed by atoms with Gasteiger partial charge in [0.15, 0.2) is 0 Å². The molecule has 1 unspecified atom stereocenters. The molecule has 6 heteroatoms. The first-order valence-corrected chi connectivity index (χ1v) is 11.1. The van der Waals surface area contributed by atoms with Crippen molar-refractivity contribution < 1.29 is 18.0 Å². The van der Waals surface area contributed by atoms with E-state index in [-0.39, 0.29) is 11.9 Å². The highest BCUT2D eigenvalue weighted by atomic mass is 19.3. The highest BCUT2D eigenvalue weighted by Crippen LogP contribution is 2.39. The molecule has 2 aromatic heterocycles. The van der Waals surface area contributed by atoms with Gasteiger partial charge in [0.1, 0.15) is 5.76 Å². The van der Waals surface area contributed by atoms with Gasteiger partial charge in [0, 0.05) is 23.1 Å². The zero-order valence-corrected chi connectivity index (χ0v) is 18.6. The predicted molar refractivity (Wildman–Crippen MR) is 122 cm³/mol. The second kappa shape index (κ2) is 8.85. The number of nitrogens with zero attached hydrogens (tertiary/aromatic N) is 1. The summed E-state index contributed by atoms with van der Waals surface area (Å²) in [4.78, 5) is 17.4. The fraction of sp³-hybridized carbons (Fsp3) is 0.385. The maximum absolute atomic E-state index is 13.6. The third-order valence-corrected chi connectivity index (χ3v) is 6.35. The number of alkyl halides is 2. The molecule has 0 saturated heterocycles. The van der Waals surface area contributed by atoms with E-state index in [1.54, 1.807) is 12.5 Å². The van der Waals surface area contributed by atoms with E-state index >= 15 is 0 Å². The number of nitrogens with one attached hydrogen (secondary N) is 1. The van der Waals surface area contributed by atoms with Gasteiger partial charge in [-0.05, 0) is 62.8 Å². The number of hydrogen-bond donors (Lipinski definition) is 1. The number of para-hydroxylation sites is 1. The third-order valence-electron chi connectivity index (χ3n) is 6.35. The number of aromatic nitrogens is 1. The average molecular weight is 439 g/mol. The number of halogens is 2. The lowest BCUT2D eigenvalue weighted by atomic mass is 9.83. The fourth-order valence-electron chi connectivity index (χ4n) is 4.45. The number of aryl methyl sites for hydroxylation is 1. The molecule has 2 atom stereocenters. The quantitative estimate of drug-likeness (QED) is 0.465. The van der Waals surface area contributed by atoms with Crippen molar-refractivity contribution in [2.45, 2.75) is 58.4 Å².